The van der Waals surface area contributed by atoms with Crippen molar-refractivity contribution in [1.82, 2.24) is 0 Å². The summed E-state index contributed by atoms with van der Waals surface area (Å²) >= 11 is 0. The lowest BCUT2D eigenvalue weighted by Gasteiger charge is -2.10. The Morgan fingerprint density at radius 2 is 2.05 bits per heavy atom. The molecule has 1 aromatic carbocycles. The number of hydrogen-bond donors (Lipinski definition) is 1. The van der Waals surface area contributed by atoms with Crippen LogP contribution < -0.4 is 14.2 Å². The Bertz CT molecular complexity index is 494. The number of aromatic carboxylic acids is 1. The average Bonchev–Trinajstić information content (AvgIpc) is 3.10. The summed E-state index contributed by atoms with van der Waals surface area (Å²) in [6, 6.07) is 2.92. The lowest BCUT2D eigenvalue weighted by Crippen LogP contribution is -2.08. The highest BCUT2D eigenvalue weighted by atomic mass is 16.7. The molecule has 0 saturated heterocycles. The molecule has 6 heteroatoms. The summed E-state index contributed by atoms with van der Waals surface area (Å²) in [5.41, 5.74) is 0.0410. The fraction of sp³-hybridized carbons (Fsp3) is 0.462. The predicted octanol–water partition coefficient (Wildman–Crippen LogP) is 1.88. The molecule has 1 aliphatic heterocycles. The molecule has 1 fully saturated rings. The molecule has 1 saturated carbocycles. The van der Waals surface area contributed by atoms with Crippen LogP contribution in [0.3, 0.4) is 0 Å². The van der Waals surface area contributed by atoms with Crippen molar-refractivity contribution in [2.45, 2.75) is 12.8 Å². The molecule has 0 spiro atoms. The summed E-state index contributed by atoms with van der Waals surface area (Å²) in [5, 5.41) is 9.13. The van der Waals surface area contributed by atoms with Gasteiger partial charge in [-0.25, -0.2) is 4.79 Å². The van der Waals surface area contributed by atoms with Crippen LogP contribution in [0.1, 0.15) is 23.2 Å². The Kier molecular flexibility index (Phi) is 3.16. The van der Waals surface area contributed by atoms with E-state index in [-0.39, 0.29) is 24.9 Å². The lowest BCUT2D eigenvalue weighted by atomic mass is 10.2. The van der Waals surface area contributed by atoms with Gasteiger partial charge in [0.25, 0.3) is 0 Å². The molecule has 0 radical (unpaired) electrons. The molecule has 0 amide bonds. The predicted molar refractivity (Wildman–Crippen MR) is 63.7 cm³/mol. The number of benzene rings is 1. The second-order valence-electron chi connectivity index (χ2n) is 4.58. The molecule has 1 aliphatic carbocycles. The first kappa shape index (κ1) is 12.1. The minimum atomic E-state index is -1.07. The van der Waals surface area contributed by atoms with Crippen LogP contribution in [0.2, 0.25) is 0 Å². The molecule has 2 aliphatic rings. The topological polar surface area (TPSA) is 74.2 Å². The van der Waals surface area contributed by atoms with Gasteiger partial charge in [0.05, 0.1) is 6.61 Å². The van der Waals surface area contributed by atoms with E-state index in [4.69, 9.17) is 24.1 Å². The van der Waals surface area contributed by atoms with E-state index < -0.39 is 5.97 Å². The van der Waals surface area contributed by atoms with Crippen LogP contribution in [0.4, 0.5) is 0 Å². The van der Waals surface area contributed by atoms with Gasteiger partial charge < -0.3 is 24.1 Å². The largest absolute Gasteiger partial charge is 0.478 e. The standard InChI is InChI=1S/C13H14O6/c14-13(15)9-3-11-12(19-7-18-11)4-10(9)17-6-16-5-8-1-2-8/h3-4,8H,1-2,5-7H2,(H,14,15). The highest BCUT2D eigenvalue weighted by molar-refractivity contribution is 5.92. The van der Waals surface area contributed by atoms with Crippen molar-refractivity contribution in [2.75, 3.05) is 20.2 Å². The molecule has 1 heterocycles. The van der Waals surface area contributed by atoms with Crippen LogP contribution in [0.5, 0.6) is 17.2 Å². The molecule has 0 aromatic heterocycles. The lowest BCUT2D eigenvalue weighted by molar-refractivity contribution is 0.00912. The summed E-state index contributed by atoms with van der Waals surface area (Å²) in [7, 11) is 0. The highest BCUT2D eigenvalue weighted by Crippen LogP contribution is 2.38. The van der Waals surface area contributed by atoms with Crippen LogP contribution in [0.15, 0.2) is 12.1 Å². The zero-order valence-corrected chi connectivity index (χ0v) is 10.3. The first-order chi connectivity index (χ1) is 9.24. The third kappa shape index (κ3) is 2.73. The number of rotatable bonds is 6. The molecule has 102 valence electrons. The monoisotopic (exact) mass is 266 g/mol. The van der Waals surface area contributed by atoms with E-state index >= 15 is 0 Å². The van der Waals surface area contributed by atoms with Gasteiger partial charge in [0.15, 0.2) is 18.3 Å². The van der Waals surface area contributed by atoms with E-state index in [0.717, 1.165) is 0 Å². The van der Waals surface area contributed by atoms with E-state index in [1.54, 1.807) is 0 Å². The Morgan fingerprint density at radius 1 is 1.32 bits per heavy atom. The second-order valence-corrected chi connectivity index (χ2v) is 4.58. The Labute approximate surface area is 109 Å². The third-order valence-electron chi connectivity index (χ3n) is 3.05. The Balaban J connectivity index is 1.68. The maximum Gasteiger partial charge on any atom is 0.339 e. The van der Waals surface area contributed by atoms with Crippen LogP contribution in [-0.4, -0.2) is 31.3 Å². The van der Waals surface area contributed by atoms with Crippen LogP contribution in [-0.2, 0) is 4.74 Å². The van der Waals surface area contributed by atoms with Gasteiger partial charge in [0.2, 0.25) is 6.79 Å². The molecule has 6 nitrogen and oxygen atoms in total. The number of ether oxygens (including phenoxy) is 4. The number of fused-ring (bicyclic) bond motifs is 1. The summed E-state index contributed by atoms with van der Waals surface area (Å²) in [4.78, 5) is 11.2. The van der Waals surface area contributed by atoms with Gasteiger partial charge in [-0.15, -0.1) is 0 Å². The molecule has 0 unspecified atom stereocenters. The first-order valence-corrected chi connectivity index (χ1v) is 6.11. The second kappa shape index (κ2) is 4.97. The van der Waals surface area contributed by atoms with Crippen LogP contribution in [0.25, 0.3) is 0 Å². The third-order valence-corrected chi connectivity index (χ3v) is 3.05. The maximum atomic E-state index is 11.2. The van der Waals surface area contributed by atoms with Crippen LogP contribution >= 0.6 is 0 Å². The smallest absolute Gasteiger partial charge is 0.339 e. The fourth-order valence-electron chi connectivity index (χ4n) is 1.81. The molecule has 19 heavy (non-hydrogen) atoms. The quantitative estimate of drug-likeness (QED) is 0.626. The molecule has 0 atom stereocenters. The Morgan fingerprint density at radius 3 is 2.74 bits per heavy atom. The number of carbonyl (C=O) groups is 1. The Hall–Kier alpha value is -1.95. The van der Waals surface area contributed by atoms with E-state index in [1.165, 1.54) is 25.0 Å². The molecule has 1 N–H and O–H groups in total. The summed E-state index contributed by atoms with van der Waals surface area (Å²) in [5.74, 6) is 0.702. The summed E-state index contributed by atoms with van der Waals surface area (Å²) < 4.78 is 21.0. The van der Waals surface area contributed by atoms with Crippen molar-refractivity contribution in [1.29, 1.82) is 0 Å². The van der Waals surface area contributed by atoms with Gasteiger partial charge in [-0.3, -0.25) is 0 Å². The number of carboxylic acids is 1. The molecule has 0 bridgehead atoms. The fourth-order valence-corrected chi connectivity index (χ4v) is 1.81. The highest BCUT2D eigenvalue weighted by Gasteiger charge is 2.23. The van der Waals surface area contributed by atoms with Crippen molar-refractivity contribution < 1.29 is 28.8 Å². The van der Waals surface area contributed by atoms with Crippen molar-refractivity contribution in [3.63, 3.8) is 0 Å². The summed E-state index contributed by atoms with van der Waals surface area (Å²) in [6.07, 6.45) is 2.40. The van der Waals surface area contributed by atoms with Crippen molar-refractivity contribution in [2.24, 2.45) is 5.92 Å². The molecule has 1 aromatic rings. The van der Waals surface area contributed by atoms with Gasteiger partial charge in [0, 0.05) is 12.1 Å². The average molecular weight is 266 g/mol. The zero-order chi connectivity index (χ0) is 13.2. The minimum absolute atomic E-state index is 0.0381. The summed E-state index contributed by atoms with van der Waals surface area (Å²) in [6.45, 7) is 0.791. The zero-order valence-electron chi connectivity index (χ0n) is 10.3. The SMILES string of the molecule is O=C(O)c1cc2c(cc1OCOCC1CC1)OCO2. The first-order valence-electron chi connectivity index (χ1n) is 6.11. The van der Waals surface area contributed by atoms with E-state index in [2.05, 4.69) is 0 Å². The van der Waals surface area contributed by atoms with Crippen molar-refractivity contribution >= 4 is 5.97 Å². The maximum absolute atomic E-state index is 11.2. The molecule has 3 rings (SSSR count). The van der Waals surface area contributed by atoms with Crippen LogP contribution in [0, 0.1) is 5.92 Å². The van der Waals surface area contributed by atoms with Crippen molar-refractivity contribution in [3.8, 4) is 17.2 Å². The normalized spacial score (nSPS) is 16.4. The van der Waals surface area contributed by atoms with Gasteiger partial charge in [0.1, 0.15) is 11.3 Å². The van der Waals surface area contributed by atoms with Gasteiger partial charge in [-0.1, -0.05) is 0 Å². The van der Waals surface area contributed by atoms with Gasteiger partial charge in [-0.2, -0.15) is 0 Å². The van der Waals surface area contributed by atoms with Crippen molar-refractivity contribution in [3.05, 3.63) is 17.7 Å². The molecular formula is C13H14O6. The van der Waals surface area contributed by atoms with E-state index in [9.17, 15) is 4.79 Å². The van der Waals surface area contributed by atoms with Gasteiger partial charge >= 0.3 is 5.97 Å². The number of hydrogen-bond acceptors (Lipinski definition) is 5. The van der Waals surface area contributed by atoms with E-state index in [0.29, 0.717) is 24.0 Å². The van der Waals surface area contributed by atoms with Gasteiger partial charge in [-0.05, 0) is 18.8 Å². The minimum Gasteiger partial charge on any atom is -0.478 e. The number of carboxylic acid groups (broad SMARTS) is 1. The van der Waals surface area contributed by atoms with E-state index in [1.807, 2.05) is 0 Å². The molecular weight excluding hydrogens is 252 g/mol.